The summed E-state index contributed by atoms with van der Waals surface area (Å²) in [6, 6.07) is 10.1. The van der Waals surface area contributed by atoms with Crippen molar-refractivity contribution in [2.45, 2.75) is 37.5 Å². The number of hydrogen-bond acceptors (Lipinski definition) is 5. The summed E-state index contributed by atoms with van der Waals surface area (Å²) < 4.78 is 48.9. The molecule has 2 atom stereocenters. The molecule has 0 saturated heterocycles. The maximum atomic E-state index is 12.7. The predicted molar refractivity (Wildman–Crippen MR) is 101 cm³/mol. The first-order valence-electron chi connectivity index (χ1n) is 9.75. The zero-order valence-electron chi connectivity index (χ0n) is 16.1. The molecule has 1 aromatic heterocycles. The van der Waals surface area contributed by atoms with E-state index in [2.05, 4.69) is 10.1 Å². The molecule has 0 bridgehead atoms. The Morgan fingerprint density at radius 2 is 2.00 bits per heavy atom. The van der Waals surface area contributed by atoms with Crippen LogP contribution in [0.1, 0.15) is 35.4 Å². The molecule has 2 aliphatic rings. The molecule has 1 unspecified atom stereocenters. The van der Waals surface area contributed by atoms with Gasteiger partial charge in [-0.3, -0.25) is 4.79 Å². The third-order valence-electron chi connectivity index (χ3n) is 6.12. The monoisotopic (exact) mass is 430 g/mol. The van der Waals surface area contributed by atoms with E-state index in [0.29, 0.717) is 17.7 Å². The second kappa shape index (κ2) is 6.83. The number of rotatable bonds is 5. The van der Waals surface area contributed by atoms with Crippen LogP contribution in [-0.2, 0) is 29.4 Å². The van der Waals surface area contributed by atoms with Crippen molar-refractivity contribution in [2.24, 2.45) is 5.92 Å². The molecule has 5 rings (SSSR count). The Kier molecular flexibility index (Phi) is 4.32. The number of carboxylic acids is 1. The molecule has 1 heterocycles. The van der Waals surface area contributed by atoms with Crippen LogP contribution >= 0.6 is 0 Å². The Labute approximate surface area is 174 Å². The number of aliphatic carboxylic acids is 1. The highest BCUT2D eigenvalue weighted by Gasteiger charge is 2.61. The Hall–Kier alpha value is -3.36. The summed E-state index contributed by atoms with van der Waals surface area (Å²) >= 11 is 0. The van der Waals surface area contributed by atoms with Crippen molar-refractivity contribution in [1.29, 1.82) is 0 Å². The topological polar surface area (TPSA) is 85.5 Å². The SMILES string of the molecule is O=C(O)C1C[C@]12CCc1cc(OCc3noc(-c4ccc(C(F)(F)F)cc4)n3)ccc12. The number of benzene rings is 2. The summed E-state index contributed by atoms with van der Waals surface area (Å²) in [7, 11) is 0. The number of hydrogen-bond donors (Lipinski definition) is 1. The van der Waals surface area contributed by atoms with Crippen molar-refractivity contribution >= 4 is 5.97 Å². The van der Waals surface area contributed by atoms with Crippen LogP contribution in [0.3, 0.4) is 0 Å². The lowest BCUT2D eigenvalue weighted by Gasteiger charge is -2.11. The van der Waals surface area contributed by atoms with E-state index in [1.165, 1.54) is 12.1 Å². The average Bonchev–Trinajstić information content (AvgIpc) is 3.10. The average molecular weight is 430 g/mol. The molecule has 0 radical (unpaired) electrons. The molecular formula is C22H17F3N2O4. The van der Waals surface area contributed by atoms with Gasteiger partial charge in [0.05, 0.1) is 11.5 Å². The number of carbonyl (C=O) groups is 1. The summed E-state index contributed by atoms with van der Waals surface area (Å²) in [4.78, 5) is 15.5. The zero-order chi connectivity index (χ0) is 21.8. The van der Waals surface area contributed by atoms with E-state index < -0.39 is 17.7 Å². The van der Waals surface area contributed by atoms with Crippen molar-refractivity contribution in [3.63, 3.8) is 0 Å². The zero-order valence-corrected chi connectivity index (χ0v) is 16.1. The Balaban J connectivity index is 1.25. The van der Waals surface area contributed by atoms with Gasteiger partial charge in [0.1, 0.15) is 5.75 Å². The van der Waals surface area contributed by atoms with Gasteiger partial charge in [0.2, 0.25) is 5.82 Å². The normalized spacial score (nSPS) is 21.8. The highest BCUT2D eigenvalue weighted by Crippen LogP contribution is 2.61. The molecule has 0 aliphatic heterocycles. The van der Waals surface area contributed by atoms with Crippen molar-refractivity contribution < 1.29 is 32.3 Å². The lowest BCUT2D eigenvalue weighted by Crippen LogP contribution is -2.11. The number of nitrogens with zero attached hydrogens (tertiary/aromatic N) is 2. The fraction of sp³-hybridized carbons (Fsp3) is 0.318. The minimum Gasteiger partial charge on any atom is -0.485 e. The van der Waals surface area contributed by atoms with Crippen molar-refractivity contribution in [3.05, 3.63) is 65.0 Å². The van der Waals surface area contributed by atoms with Gasteiger partial charge in [-0.05, 0) is 66.8 Å². The third kappa shape index (κ3) is 3.43. The van der Waals surface area contributed by atoms with Crippen LogP contribution in [0, 0.1) is 5.92 Å². The molecule has 1 saturated carbocycles. The highest BCUT2D eigenvalue weighted by atomic mass is 19.4. The number of ether oxygens (including phenoxy) is 1. The van der Waals surface area contributed by atoms with E-state index >= 15 is 0 Å². The molecule has 160 valence electrons. The fourth-order valence-electron chi connectivity index (χ4n) is 4.43. The Morgan fingerprint density at radius 1 is 1.23 bits per heavy atom. The van der Waals surface area contributed by atoms with Gasteiger partial charge >= 0.3 is 12.1 Å². The molecule has 31 heavy (non-hydrogen) atoms. The van der Waals surface area contributed by atoms with Crippen LogP contribution in [0.4, 0.5) is 13.2 Å². The van der Waals surface area contributed by atoms with Gasteiger partial charge in [0.25, 0.3) is 5.89 Å². The van der Waals surface area contributed by atoms with Gasteiger partial charge in [0, 0.05) is 11.0 Å². The van der Waals surface area contributed by atoms with Crippen molar-refractivity contribution in [2.75, 3.05) is 0 Å². The van der Waals surface area contributed by atoms with E-state index in [9.17, 15) is 23.1 Å². The lowest BCUT2D eigenvalue weighted by molar-refractivity contribution is -0.139. The summed E-state index contributed by atoms with van der Waals surface area (Å²) in [5.41, 5.74) is 1.60. The Bertz CT molecular complexity index is 1160. The second-order valence-corrected chi connectivity index (χ2v) is 7.95. The molecule has 2 aliphatic carbocycles. The first kappa shape index (κ1) is 19.6. The maximum Gasteiger partial charge on any atom is 0.416 e. The highest BCUT2D eigenvalue weighted by molar-refractivity contribution is 5.78. The minimum atomic E-state index is -4.41. The van der Waals surface area contributed by atoms with Crippen LogP contribution in [0.25, 0.3) is 11.5 Å². The van der Waals surface area contributed by atoms with E-state index in [1.54, 1.807) is 6.07 Å². The number of halogens is 3. The number of fused-ring (bicyclic) bond motifs is 2. The van der Waals surface area contributed by atoms with Crippen LogP contribution < -0.4 is 4.74 Å². The van der Waals surface area contributed by atoms with Crippen LogP contribution in [0.5, 0.6) is 5.75 Å². The molecular weight excluding hydrogens is 413 g/mol. The fourth-order valence-corrected chi connectivity index (χ4v) is 4.43. The molecule has 1 spiro atoms. The van der Waals surface area contributed by atoms with E-state index in [0.717, 1.165) is 36.1 Å². The quantitative estimate of drug-likeness (QED) is 0.636. The standard InChI is InChI=1S/C22H17F3N2O4/c23-22(24,25)14-3-1-12(2-4-14)19-26-18(27-31-19)11-30-15-5-6-16-13(9-15)7-8-21(16)10-17(21)20(28)29/h1-6,9,17H,7-8,10-11H2,(H,28,29)/t17?,21-/m0/s1. The van der Waals surface area contributed by atoms with Crippen molar-refractivity contribution in [1.82, 2.24) is 10.1 Å². The smallest absolute Gasteiger partial charge is 0.416 e. The number of carboxylic acid groups (broad SMARTS) is 1. The van der Waals surface area contributed by atoms with E-state index in [4.69, 9.17) is 9.26 Å². The van der Waals surface area contributed by atoms with Crippen LogP contribution in [-0.4, -0.2) is 21.2 Å². The molecule has 9 heteroatoms. The molecule has 0 amide bonds. The number of alkyl halides is 3. The first-order chi connectivity index (χ1) is 14.8. The predicted octanol–water partition coefficient (Wildman–Crippen LogP) is 4.62. The molecule has 2 aromatic carbocycles. The number of aromatic nitrogens is 2. The van der Waals surface area contributed by atoms with Gasteiger partial charge in [-0.1, -0.05) is 11.2 Å². The minimum absolute atomic E-state index is 0.0335. The number of aryl methyl sites for hydroxylation is 1. The molecule has 6 nitrogen and oxygen atoms in total. The van der Waals surface area contributed by atoms with E-state index in [1.807, 2.05) is 12.1 Å². The molecule has 1 N–H and O–H groups in total. The summed E-state index contributed by atoms with van der Waals surface area (Å²) in [5.74, 6) is -0.0570. The lowest BCUT2D eigenvalue weighted by atomic mass is 9.95. The summed E-state index contributed by atoms with van der Waals surface area (Å²) in [6.45, 7) is 0.0335. The van der Waals surface area contributed by atoms with Crippen molar-refractivity contribution in [3.8, 4) is 17.2 Å². The maximum absolute atomic E-state index is 12.7. The van der Waals surface area contributed by atoms with Gasteiger partial charge in [0.15, 0.2) is 6.61 Å². The first-order valence-corrected chi connectivity index (χ1v) is 9.75. The van der Waals surface area contributed by atoms with Crippen LogP contribution in [0.15, 0.2) is 47.0 Å². The van der Waals surface area contributed by atoms with Gasteiger partial charge in [-0.15, -0.1) is 0 Å². The Morgan fingerprint density at radius 3 is 2.68 bits per heavy atom. The second-order valence-electron chi connectivity index (χ2n) is 7.95. The summed E-state index contributed by atoms with van der Waals surface area (Å²) in [5, 5.41) is 13.1. The third-order valence-corrected chi connectivity index (χ3v) is 6.12. The van der Waals surface area contributed by atoms with Gasteiger partial charge in [-0.2, -0.15) is 18.2 Å². The van der Waals surface area contributed by atoms with Gasteiger partial charge < -0.3 is 14.4 Å². The van der Waals surface area contributed by atoms with Crippen LogP contribution in [0.2, 0.25) is 0 Å². The molecule has 3 aromatic rings. The molecule has 1 fully saturated rings. The largest absolute Gasteiger partial charge is 0.485 e. The summed E-state index contributed by atoms with van der Waals surface area (Å²) in [6.07, 6.45) is -2.07. The van der Waals surface area contributed by atoms with E-state index in [-0.39, 0.29) is 29.7 Å². The van der Waals surface area contributed by atoms with Gasteiger partial charge in [-0.25, -0.2) is 0 Å².